The first-order valence-corrected chi connectivity index (χ1v) is 10.7. The Morgan fingerprint density at radius 3 is 2.76 bits per heavy atom. The Morgan fingerprint density at radius 2 is 2.08 bits per heavy atom. The molecule has 0 aromatic heterocycles. The number of hydrogen-bond acceptors (Lipinski definition) is 3. The molecule has 8 heteroatoms. The first kappa shape index (κ1) is 20.3. The topological polar surface area (TPSA) is 48.8 Å². The van der Waals surface area contributed by atoms with E-state index in [2.05, 4.69) is 21.8 Å². The molecule has 0 atom stereocenters. The molecule has 0 unspecified atom stereocenters. The van der Waals surface area contributed by atoms with Gasteiger partial charge in [-0.2, -0.15) is 11.8 Å². The molecule has 1 heterocycles. The van der Waals surface area contributed by atoms with Gasteiger partial charge >= 0.3 is 0 Å². The lowest BCUT2D eigenvalue weighted by molar-refractivity contribution is -0.895. The van der Waals surface area contributed by atoms with Crippen molar-refractivity contribution in [2.45, 2.75) is 6.42 Å². The molecule has 1 aliphatic heterocycles. The van der Waals surface area contributed by atoms with Crippen molar-refractivity contribution in [3.63, 3.8) is 0 Å². The zero-order valence-electron chi connectivity index (χ0n) is 14.5. The number of quaternary nitrogens is 1. The van der Waals surface area contributed by atoms with E-state index in [1.54, 1.807) is 6.07 Å². The second-order valence-corrected chi connectivity index (χ2v) is 7.80. The molecule has 2 rings (SSSR count). The molecule has 1 saturated heterocycles. The highest BCUT2D eigenvalue weighted by Crippen LogP contribution is 2.19. The van der Waals surface area contributed by atoms with Gasteiger partial charge in [0, 0.05) is 6.54 Å². The fourth-order valence-corrected chi connectivity index (χ4v) is 3.61. The summed E-state index contributed by atoms with van der Waals surface area (Å²) in [6.07, 6.45) is 3.23. The van der Waals surface area contributed by atoms with Gasteiger partial charge in [-0.3, -0.25) is 4.79 Å². The SMILES string of the molecule is CSCCCNC(=S)N1CC[NH+](CC(=O)Nc2ccccc2Cl)CC1. The number of anilines is 1. The van der Waals surface area contributed by atoms with Crippen molar-refractivity contribution >= 4 is 52.3 Å². The molecule has 1 aliphatic rings. The molecule has 0 saturated carbocycles. The minimum absolute atomic E-state index is 0.00526. The number of nitrogens with one attached hydrogen (secondary N) is 3. The van der Waals surface area contributed by atoms with Gasteiger partial charge in [0.05, 0.1) is 36.9 Å². The fraction of sp³-hybridized carbons (Fsp3) is 0.529. The Balaban J connectivity index is 1.68. The minimum atomic E-state index is -0.00526. The molecule has 138 valence electrons. The Morgan fingerprint density at radius 1 is 1.36 bits per heavy atom. The summed E-state index contributed by atoms with van der Waals surface area (Å²) in [5.41, 5.74) is 0.669. The van der Waals surface area contributed by atoms with Crippen molar-refractivity contribution in [2.24, 2.45) is 0 Å². The summed E-state index contributed by atoms with van der Waals surface area (Å²) in [6, 6.07) is 7.30. The lowest BCUT2D eigenvalue weighted by Crippen LogP contribution is -3.15. The van der Waals surface area contributed by atoms with Crippen molar-refractivity contribution in [3.05, 3.63) is 29.3 Å². The highest BCUT2D eigenvalue weighted by atomic mass is 35.5. The van der Waals surface area contributed by atoms with Crippen LogP contribution in [0.2, 0.25) is 5.02 Å². The van der Waals surface area contributed by atoms with E-state index in [0.717, 1.165) is 50.0 Å². The Bertz CT molecular complexity index is 580. The number of carbonyl (C=O) groups excluding carboxylic acids is 1. The number of thioether (sulfide) groups is 1. The summed E-state index contributed by atoms with van der Waals surface area (Å²) in [5.74, 6) is 1.14. The molecular weight excluding hydrogens is 376 g/mol. The third-order valence-corrected chi connectivity index (χ3v) is 5.55. The van der Waals surface area contributed by atoms with Gasteiger partial charge in [-0.15, -0.1) is 0 Å². The Labute approximate surface area is 164 Å². The number of para-hydroxylation sites is 1. The second-order valence-electron chi connectivity index (χ2n) is 6.02. The number of benzene rings is 1. The van der Waals surface area contributed by atoms with Crippen LogP contribution in [0.1, 0.15) is 6.42 Å². The van der Waals surface area contributed by atoms with Gasteiger partial charge in [-0.05, 0) is 42.8 Å². The van der Waals surface area contributed by atoms with Crippen LogP contribution >= 0.6 is 35.6 Å². The average Bonchev–Trinajstić information content (AvgIpc) is 2.61. The van der Waals surface area contributed by atoms with Crippen LogP contribution in [0.15, 0.2) is 24.3 Å². The lowest BCUT2D eigenvalue weighted by Gasteiger charge is -2.33. The molecule has 0 spiro atoms. The highest BCUT2D eigenvalue weighted by molar-refractivity contribution is 7.98. The third kappa shape index (κ3) is 7.01. The van der Waals surface area contributed by atoms with Crippen LogP contribution in [0.5, 0.6) is 0 Å². The van der Waals surface area contributed by atoms with Gasteiger partial charge in [0.15, 0.2) is 11.7 Å². The smallest absolute Gasteiger partial charge is 0.279 e. The van der Waals surface area contributed by atoms with Gasteiger partial charge in [0.1, 0.15) is 0 Å². The number of rotatable bonds is 7. The van der Waals surface area contributed by atoms with Crippen LogP contribution in [0.4, 0.5) is 5.69 Å². The normalized spacial score (nSPS) is 15.0. The monoisotopic (exact) mass is 401 g/mol. The molecule has 0 aliphatic carbocycles. The van der Waals surface area contributed by atoms with Crippen LogP contribution in [-0.4, -0.2) is 67.2 Å². The number of thiocarbonyl (C=S) groups is 1. The molecule has 1 fully saturated rings. The molecule has 0 radical (unpaired) electrons. The second kappa shape index (κ2) is 10.9. The third-order valence-electron chi connectivity index (χ3n) is 4.12. The summed E-state index contributed by atoms with van der Waals surface area (Å²) in [6.45, 7) is 4.94. The number of amides is 1. The molecule has 1 aromatic rings. The van der Waals surface area contributed by atoms with E-state index in [4.69, 9.17) is 23.8 Å². The minimum Gasteiger partial charge on any atom is -0.363 e. The standard InChI is InChI=1S/C17H25ClN4OS2/c1-25-12-4-7-19-17(24)22-10-8-21(9-11-22)13-16(23)20-15-6-3-2-5-14(15)18/h2-3,5-6H,4,7-13H2,1H3,(H,19,24)(H,20,23)/p+1. The fourth-order valence-electron chi connectivity index (χ4n) is 2.71. The summed E-state index contributed by atoms with van der Waals surface area (Å²) < 4.78 is 0. The van der Waals surface area contributed by atoms with E-state index in [-0.39, 0.29) is 5.91 Å². The van der Waals surface area contributed by atoms with Crippen molar-refractivity contribution in [1.29, 1.82) is 0 Å². The predicted molar refractivity (Wildman–Crippen MR) is 111 cm³/mol. The molecule has 25 heavy (non-hydrogen) atoms. The maximum atomic E-state index is 12.2. The van der Waals surface area contributed by atoms with Crippen molar-refractivity contribution in [2.75, 3.05) is 56.6 Å². The number of piperazine rings is 1. The Hall–Kier alpha value is -1.02. The molecule has 1 amide bonds. The maximum Gasteiger partial charge on any atom is 0.279 e. The van der Waals surface area contributed by atoms with Crippen LogP contribution < -0.4 is 15.5 Å². The average molecular weight is 402 g/mol. The van der Waals surface area contributed by atoms with Gasteiger partial charge in [0.2, 0.25) is 0 Å². The number of carbonyl (C=O) groups is 1. The Kier molecular flexibility index (Phi) is 8.81. The molecule has 3 N–H and O–H groups in total. The molecule has 1 aromatic carbocycles. The maximum absolute atomic E-state index is 12.2. The van der Waals surface area contributed by atoms with E-state index in [1.165, 1.54) is 4.90 Å². The predicted octanol–water partition coefficient (Wildman–Crippen LogP) is 1.11. The van der Waals surface area contributed by atoms with Gasteiger partial charge in [0.25, 0.3) is 5.91 Å². The highest BCUT2D eigenvalue weighted by Gasteiger charge is 2.23. The molecule has 5 nitrogen and oxygen atoms in total. The summed E-state index contributed by atoms with van der Waals surface area (Å²) in [4.78, 5) is 15.7. The quantitative estimate of drug-likeness (QED) is 0.472. The number of hydrogen-bond donors (Lipinski definition) is 3. The van der Waals surface area contributed by atoms with Crippen LogP contribution in [0.25, 0.3) is 0 Å². The summed E-state index contributed by atoms with van der Waals surface area (Å²) in [5, 5.41) is 7.61. The lowest BCUT2D eigenvalue weighted by atomic mass is 10.3. The van der Waals surface area contributed by atoms with Crippen LogP contribution in [0.3, 0.4) is 0 Å². The van der Waals surface area contributed by atoms with Crippen molar-refractivity contribution in [3.8, 4) is 0 Å². The van der Waals surface area contributed by atoms with E-state index in [1.807, 2.05) is 30.0 Å². The zero-order chi connectivity index (χ0) is 18.1. The first-order chi connectivity index (χ1) is 12.1. The van der Waals surface area contributed by atoms with Crippen LogP contribution in [-0.2, 0) is 4.79 Å². The zero-order valence-corrected chi connectivity index (χ0v) is 16.9. The van der Waals surface area contributed by atoms with Gasteiger partial charge < -0.3 is 20.4 Å². The van der Waals surface area contributed by atoms with Crippen LogP contribution in [0, 0.1) is 0 Å². The largest absolute Gasteiger partial charge is 0.363 e. The van der Waals surface area contributed by atoms with Gasteiger partial charge in [-0.25, -0.2) is 0 Å². The first-order valence-electron chi connectivity index (χ1n) is 8.50. The summed E-state index contributed by atoms with van der Waals surface area (Å²) >= 11 is 13.4. The van der Waals surface area contributed by atoms with Crippen molar-refractivity contribution in [1.82, 2.24) is 10.2 Å². The van der Waals surface area contributed by atoms with Gasteiger partial charge in [-0.1, -0.05) is 23.7 Å². The van der Waals surface area contributed by atoms with E-state index < -0.39 is 0 Å². The number of halogens is 1. The van der Waals surface area contributed by atoms with E-state index in [9.17, 15) is 4.79 Å². The molecule has 0 bridgehead atoms. The number of nitrogens with zero attached hydrogens (tertiary/aromatic N) is 1. The van der Waals surface area contributed by atoms with E-state index in [0.29, 0.717) is 17.3 Å². The summed E-state index contributed by atoms with van der Waals surface area (Å²) in [7, 11) is 0. The molecular formula is C17H26ClN4OS2+. The van der Waals surface area contributed by atoms with E-state index >= 15 is 0 Å². The van der Waals surface area contributed by atoms with Crippen molar-refractivity contribution < 1.29 is 9.69 Å².